The summed E-state index contributed by atoms with van der Waals surface area (Å²) in [4.78, 5) is 32.3. The lowest BCUT2D eigenvalue weighted by atomic mass is 9.94. The van der Waals surface area contributed by atoms with Crippen molar-refractivity contribution in [3.8, 4) is 11.5 Å². The molecule has 0 aliphatic carbocycles. The number of rotatable bonds is 8. The molecule has 7 nitrogen and oxygen atoms in total. The maximum absolute atomic E-state index is 13.4. The zero-order valence-electron chi connectivity index (χ0n) is 21.0. The molecule has 1 fully saturated rings. The van der Waals surface area contributed by atoms with E-state index in [9.17, 15) is 14.7 Å². The van der Waals surface area contributed by atoms with Crippen LogP contribution in [-0.4, -0.2) is 39.4 Å². The maximum atomic E-state index is 13.4. The Morgan fingerprint density at radius 2 is 1.95 bits per heavy atom. The highest BCUT2D eigenvalue weighted by Crippen LogP contribution is 2.42. The number of carbonyl (C=O) groups is 2. The monoisotopic (exact) mass is 498 g/mol. The van der Waals surface area contributed by atoms with E-state index in [-0.39, 0.29) is 24.0 Å². The predicted molar refractivity (Wildman–Crippen MR) is 139 cm³/mol. The topological polar surface area (TPSA) is 89.0 Å². The Bertz CT molecular complexity index is 1350. The summed E-state index contributed by atoms with van der Waals surface area (Å²) in [5, 5.41) is 11.5. The van der Waals surface area contributed by atoms with Crippen LogP contribution in [0.1, 0.15) is 55.0 Å². The third kappa shape index (κ3) is 4.94. The molecular weight excluding hydrogens is 468 g/mol. The number of ketones is 1. The standard InChI is InChI=1S/C30H30N2O5/c1-3-4-14-36-24-7-5-6-21(17-24)27-26(28(33)22-8-9-25-23(16-22)15-19(2)37-25)29(34)30(35)32(27)18-20-10-12-31-13-11-20/h5-13,16-17,19,27,33H,3-4,14-15,18H2,1-2H3/t19-,27+/m0/s1. The molecule has 0 bridgehead atoms. The minimum Gasteiger partial charge on any atom is -0.507 e. The van der Waals surface area contributed by atoms with Gasteiger partial charge in [-0.15, -0.1) is 0 Å². The molecule has 1 saturated heterocycles. The van der Waals surface area contributed by atoms with Crippen molar-refractivity contribution in [1.29, 1.82) is 0 Å². The normalized spacial score (nSPS) is 20.1. The zero-order valence-corrected chi connectivity index (χ0v) is 21.0. The van der Waals surface area contributed by atoms with Gasteiger partial charge in [0, 0.05) is 30.9 Å². The highest BCUT2D eigenvalue weighted by molar-refractivity contribution is 6.46. The van der Waals surface area contributed by atoms with Gasteiger partial charge in [0.2, 0.25) is 0 Å². The summed E-state index contributed by atoms with van der Waals surface area (Å²) in [5.41, 5.74) is 3.05. The Kier molecular flexibility index (Phi) is 6.95. The number of likely N-dealkylation sites (tertiary alicyclic amines) is 1. The molecule has 2 aliphatic heterocycles. The fourth-order valence-corrected chi connectivity index (χ4v) is 4.91. The van der Waals surface area contributed by atoms with Crippen molar-refractivity contribution in [2.75, 3.05) is 6.61 Å². The number of Topliss-reactive ketones (excluding diaryl/α,β-unsaturated/α-hetero) is 1. The van der Waals surface area contributed by atoms with Gasteiger partial charge in [-0.25, -0.2) is 0 Å². The van der Waals surface area contributed by atoms with E-state index < -0.39 is 17.7 Å². The molecule has 1 N–H and O–H groups in total. The molecule has 3 heterocycles. The second-order valence-electron chi connectivity index (χ2n) is 9.51. The molecule has 1 amide bonds. The molecule has 7 heteroatoms. The zero-order chi connectivity index (χ0) is 25.9. The fourth-order valence-electron chi connectivity index (χ4n) is 4.91. The molecule has 0 radical (unpaired) electrons. The predicted octanol–water partition coefficient (Wildman–Crippen LogP) is 5.21. The van der Waals surface area contributed by atoms with Crippen LogP contribution in [0, 0.1) is 0 Å². The van der Waals surface area contributed by atoms with Crippen molar-refractivity contribution in [2.45, 2.75) is 51.8 Å². The number of hydrogen-bond acceptors (Lipinski definition) is 6. The number of unbranched alkanes of at least 4 members (excludes halogenated alkanes) is 1. The maximum Gasteiger partial charge on any atom is 0.295 e. The first-order valence-corrected chi connectivity index (χ1v) is 12.7. The second-order valence-corrected chi connectivity index (χ2v) is 9.51. The number of benzene rings is 2. The number of aliphatic hydroxyl groups is 1. The minimum absolute atomic E-state index is 0.0498. The molecule has 3 aromatic rings. The number of aliphatic hydroxyl groups excluding tert-OH is 1. The first-order valence-electron chi connectivity index (χ1n) is 12.7. The fraction of sp³-hybridized carbons (Fsp3) is 0.300. The summed E-state index contributed by atoms with van der Waals surface area (Å²) < 4.78 is 11.7. The third-order valence-corrected chi connectivity index (χ3v) is 6.75. The lowest BCUT2D eigenvalue weighted by molar-refractivity contribution is -0.140. The van der Waals surface area contributed by atoms with Crippen molar-refractivity contribution in [2.24, 2.45) is 0 Å². The van der Waals surface area contributed by atoms with Gasteiger partial charge in [0.25, 0.3) is 11.7 Å². The summed E-state index contributed by atoms with van der Waals surface area (Å²) >= 11 is 0. The van der Waals surface area contributed by atoms with Gasteiger partial charge in [-0.3, -0.25) is 14.6 Å². The number of fused-ring (bicyclic) bond motifs is 1. The van der Waals surface area contributed by atoms with Crippen molar-refractivity contribution in [1.82, 2.24) is 9.88 Å². The van der Waals surface area contributed by atoms with Crippen LogP contribution in [0.3, 0.4) is 0 Å². The number of amides is 1. The number of carbonyl (C=O) groups excluding carboxylic acids is 2. The molecule has 2 aromatic carbocycles. The summed E-state index contributed by atoms with van der Waals surface area (Å²) in [6, 6.07) is 15.6. The molecule has 0 unspecified atom stereocenters. The second kappa shape index (κ2) is 10.5. The first kappa shape index (κ1) is 24.6. The third-order valence-electron chi connectivity index (χ3n) is 6.75. The summed E-state index contributed by atoms with van der Waals surface area (Å²) in [5.74, 6) is -0.127. The Hall–Kier alpha value is -4.13. The molecule has 5 rings (SSSR count). The van der Waals surface area contributed by atoms with Crippen molar-refractivity contribution in [3.63, 3.8) is 0 Å². The molecule has 0 spiro atoms. The van der Waals surface area contributed by atoms with E-state index in [0.29, 0.717) is 29.9 Å². The van der Waals surface area contributed by atoms with Gasteiger partial charge in [-0.1, -0.05) is 25.5 Å². The molecular formula is C30H30N2O5. The van der Waals surface area contributed by atoms with E-state index in [0.717, 1.165) is 29.7 Å². The van der Waals surface area contributed by atoms with Crippen molar-refractivity contribution < 1.29 is 24.2 Å². The quantitative estimate of drug-likeness (QED) is 0.199. The van der Waals surface area contributed by atoms with E-state index in [4.69, 9.17) is 9.47 Å². The summed E-state index contributed by atoms with van der Waals surface area (Å²) in [6.45, 7) is 4.86. The van der Waals surface area contributed by atoms with E-state index in [2.05, 4.69) is 11.9 Å². The Morgan fingerprint density at radius 3 is 2.73 bits per heavy atom. The Balaban J connectivity index is 1.59. The molecule has 190 valence electrons. The number of pyridine rings is 1. The first-order chi connectivity index (χ1) is 18.0. The largest absolute Gasteiger partial charge is 0.507 e. The molecule has 2 atom stereocenters. The molecule has 2 aliphatic rings. The average molecular weight is 499 g/mol. The van der Waals surface area contributed by atoms with Crippen LogP contribution >= 0.6 is 0 Å². The van der Waals surface area contributed by atoms with Gasteiger partial charge in [0.05, 0.1) is 18.2 Å². The van der Waals surface area contributed by atoms with Crippen LogP contribution in [-0.2, 0) is 22.6 Å². The molecule has 1 aromatic heterocycles. The van der Waals surface area contributed by atoms with Crippen LogP contribution in [0.25, 0.3) is 5.76 Å². The average Bonchev–Trinajstić information content (AvgIpc) is 3.40. The lowest BCUT2D eigenvalue weighted by Crippen LogP contribution is -2.29. The Labute approximate surface area is 216 Å². The summed E-state index contributed by atoms with van der Waals surface area (Å²) in [6.07, 6.45) is 6.00. The van der Waals surface area contributed by atoms with Crippen LogP contribution in [0.2, 0.25) is 0 Å². The van der Waals surface area contributed by atoms with E-state index in [1.165, 1.54) is 4.90 Å². The number of aromatic nitrogens is 1. The van der Waals surface area contributed by atoms with E-state index >= 15 is 0 Å². The molecule has 37 heavy (non-hydrogen) atoms. The van der Waals surface area contributed by atoms with Crippen LogP contribution in [0.15, 0.2) is 72.6 Å². The van der Waals surface area contributed by atoms with E-state index in [1.807, 2.05) is 49.4 Å². The molecule has 0 saturated carbocycles. The van der Waals surface area contributed by atoms with Crippen molar-refractivity contribution in [3.05, 3.63) is 94.8 Å². The highest BCUT2D eigenvalue weighted by atomic mass is 16.5. The smallest absolute Gasteiger partial charge is 0.295 e. The minimum atomic E-state index is -0.772. The number of ether oxygens (including phenoxy) is 2. The number of hydrogen-bond donors (Lipinski definition) is 1. The lowest BCUT2D eigenvalue weighted by Gasteiger charge is -2.26. The Morgan fingerprint density at radius 1 is 1.14 bits per heavy atom. The van der Waals surface area contributed by atoms with Crippen molar-refractivity contribution >= 4 is 17.4 Å². The van der Waals surface area contributed by atoms with E-state index in [1.54, 1.807) is 24.5 Å². The van der Waals surface area contributed by atoms with Gasteiger partial charge in [-0.05, 0) is 72.5 Å². The summed E-state index contributed by atoms with van der Waals surface area (Å²) in [7, 11) is 0. The van der Waals surface area contributed by atoms with Crippen LogP contribution in [0.4, 0.5) is 0 Å². The highest BCUT2D eigenvalue weighted by Gasteiger charge is 2.46. The van der Waals surface area contributed by atoms with Gasteiger partial charge in [0.15, 0.2) is 0 Å². The van der Waals surface area contributed by atoms with Gasteiger partial charge in [-0.2, -0.15) is 0 Å². The van der Waals surface area contributed by atoms with Gasteiger partial charge < -0.3 is 19.5 Å². The van der Waals surface area contributed by atoms with Crippen LogP contribution in [0.5, 0.6) is 11.5 Å². The van der Waals surface area contributed by atoms with Crippen LogP contribution < -0.4 is 9.47 Å². The number of nitrogens with zero attached hydrogens (tertiary/aromatic N) is 2. The van der Waals surface area contributed by atoms with Gasteiger partial charge >= 0.3 is 0 Å². The SMILES string of the molecule is CCCCOc1cccc([C@@H]2C(=C(O)c3ccc4c(c3)C[C@H](C)O4)C(=O)C(=O)N2Cc2ccncc2)c1. The van der Waals surface area contributed by atoms with Gasteiger partial charge in [0.1, 0.15) is 23.4 Å².